The summed E-state index contributed by atoms with van der Waals surface area (Å²) in [5.74, 6) is -0.0446. The van der Waals surface area contributed by atoms with Crippen molar-refractivity contribution in [2.45, 2.75) is 20.8 Å². The van der Waals surface area contributed by atoms with Gasteiger partial charge >= 0.3 is 0 Å². The number of aryl methyl sites for hydroxylation is 1. The molecule has 0 aromatic carbocycles. The van der Waals surface area contributed by atoms with Crippen LogP contribution in [0.5, 0.6) is 0 Å². The molecule has 1 amide bonds. The smallest absolute Gasteiger partial charge is 0.255 e. The lowest BCUT2D eigenvalue weighted by Crippen LogP contribution is -2.27. The molecule has 1 aromatic rings. The molecule has 0 aliphatic rings. The van der Waals surface area contributed by atoms with Crippen LogP contribution in [0, 0.1) is 13.8 Å². The fourth-order valence-electron chi connectivity index (χ4n) is 1.55. The van der Waals surface area contributed by atoms with Crippen LogP contribution in [0.4, 0.5) is 0 Å². The quantitative estimate of drug-likeness (QED) is 0.766. The third-order valence-electron chi connectivity index (χ3n) is 2.63. The van der Waals surface area contributed by atoms with E-state index >= 15 is 0 Å². The molecule has 0 aliphatic heterocycles. The number of aromatic nitrogens is 1. The van der Waals surface area contributed by atoms with Crippen LogP contribution in [0.2, 0.25) is 0 Å². The number of hydrogen-bond donors (Lipinski definition) is 1. The van der Waals surface area contributed by atoms with Gasteiger partial charge in [-0.3, -0.25) is 9.59 Å². The Kier molecular flexibility index (Phi) is 3.29. The fraction of sp³-hybridized carbons (Fsp3) is 0.455. The van der Waals surface area contributed by atoms with Gasteiger partial charge in [-0.2, -0.15) is 0 Å². The Balaban J connectivity index is 3.19. The fourth-order valence-corrected chi connectivity index (χ4v) is 1.55. The second-order valence-corrected chi connectivity index (χ2v) is 3.60. The number of aromatic amines is 1. The molecule has 15 heavy (non-hydrogen) atoms. The number of nitrogens with one attached hydrogen (secondary N) is 1. The lowest BCUT2D eigenvalue weighted by Gasteiger charge is -2.14. The monoisotopic (exact) mass is 208 g/mol. The first kappa shape index (κ1) is 11.5. The maximum absolute atomic E-state index is 11.9. The van der Waals surface area contributed by atoms with E-state index in [2.05, 4.69) is 4.98 Å². The van der Waals surface area contributed by atoms with Gasteiger partial charge in [0.05, 0.1) is 11.3 Å². The molecule has 1 N–H and O–H groups in total. The minimum absolute atomic E-state index is 0.0446. The lowest BCUT2D eigenvalue weighted by atomic mass is 10.1. The van der Waals surface area contributed by atoms with Crippen molar-refractivity contribution in [1.82, 2.24) is 9.88 Å². The molecule has 1 rings (SSSR count). The van der Waals surface area contributed by atoms with Crippen molar-refractivity contribution in [2.75, 3.05) is 13.6 Å². The number of amides is 1. The molecular weight excluding hydrogens is 192 g/mol. The number of rotatable bonds is 3. The summed E-state index contributed by atoms with van der Waals surface area (Å²) < 4.78 is 0. The topological polar surface area (TPSA) is 53.2 Å². The van der Waals surface area contributed by atoms with E-state index in [1.54, 1.807) is 25.8 Å². The average molecular weight is 208 g/mol. The number of nitrogens with zero attached hydrogens (tertiary/aromatic N) is 1. The Morgan fingerprint density at radius 2 is 2.07 bits per heavy atom. The molecule has 0 radical (unpaired) electrons. The van der Waals surface area contributed by atoms with Gasteiger partial charge < -0.3 is 9.88 Å². The molecule has 0 bridgehead atoms. The van der Waals surface area contributed by atoms with Crippen molar-refractivity contribution in [3.63, 3.8) is 0 Å². The van der Waals surface area contributed by atoms with Crippen molar-refractivity contribution < 1.29 is 9.59 Å². The highest BCUT2D eigenvalue weighted by Gasteiger charge is 2.19. The van der Waals surface area contributed by atoms with Crippen LogP contribution in [0.3, 0.4) is 0 Å². The minimum atomic E-state index is -0.0446. The molecule has 0 spiro atoms. The number of aldehydes is 1. The Morgan fingerprint density at radius 3 is 2.47 bits per heavy atom. The minimum Gasteiger partial charge on any atom is -0.356 e. The van der Waals surface area contributed by atoms with Crippen molar-refractivity contribution in [1.29, 1.82) is 0 Å². The lowest BCUT2D eigenvalue weighted by molar-refractivity contribution is 0.0801. The van der Waals surface area contributed by atoms with Gasteiger partial charge in [0.1, 0.15) is 0 Å². The zero-order chi connectivity index (χ0) is 11.6. The largest absolute Gasteiger partial charge is 0.356 e. The summed E-state index contributed by atoms with van der Waals surface area (Å²) in [5, 5.41) is 0. The van der Waals surface area contributed by atoms with Gasteiger partial charge in [-0.05, 0) is 26.3 Å². The first-order valence-corrected chi connectivity index (χ1v) is 4.92. The second kappa shape index (κ2) is 4.29. The predicted molar refractivity (Wildman–Crippen MR) is 58.3 cm³/mol. The van der Waals surface area contributed by atoms with Crippen LogP contribution >= 0.6 is 0 Å². The average Bonchev–Trinajstić information content (AvgIpc) is 2.51. The van der Waals surface area contributed by atoms with Crippen LogP contribution in [-0.4, -0.2) is 35.7 Å². The molecule has 1 aromatic heterocycles. The van der Waals surface area contributed by atoms with Gasteiger partial charge in [0.25, 0.3) is 5.91 Å². The van der Waals surface area contributed by atoms with Crippen molar-refractivity contribution >= 4 is 12.2 Å². The highest BCUT2D eigenvalue weighted by atomic mass is 16.2. The van der Waals surface area contributed by atoms with E-state index in [1.165, 1.54) is 0 Å². The van der Waals surface area contributed by atoms with Gasteiger partial charge in [-0.25, -0.2) is 0 Å². The van der Waals surface area contributed by atoms with Crippen LogP contribution < -0.4 is 0 Å². The van der Waals surface area contributed by atoms with E-state index in [0.29, 0.717) is 17.8 Å². The highest BCUT2D eigenvalue weighted by molar-refractivity contribution is 5.98. The molecule has 0 saturated heterocycles. The molecule has 82 valence electrons. The molecule has 0 fully saturated rings. The van der Waals surface area contributed by atoms with E-state index in [4.69, 9.17) is 0 Å². The van der Waals surface area contributed by atoms with E-state index in [9.17, 15) is 9.59 Å². The van der Waals surface area contributed by atoms with E-state index in [1.807, 2.05) is 6.92 Å². The molecular formula is C11H16N2O2. The van der Waals surface area contributed by atoms with Crippen molar-refractivity contribution in [3.05, 3.63) is 22.5 Å². The maximum Gasteiger partial charge on any atom is 0.255 e. The second-order valence-electron chi connectivity index (χ2n) is 3.60. The molecule has 0 aliphatic carbocycles. The Hall–Kier alpha value is -1.58. The standard InChI is InChI=1S/C11H16N2O2/c1-5-13(4)11(15)10-7(2)9(6-14)12-8(10)3/h6,12H,5H2,1-4H3. The van der Waals surface area contributed by atoms with Crippen LogP contribution in [0.25, 0.3) is 0 Å². The summed E-state index contributed by atoms with van der Waals surface area (Å²) in [7, 11) is 1.74. The summed E-state index contributed by atoms with van der Waals surface area (Å²) in [6.45, 7) is 6.15. The zero-order valence-corrected chi connectivity index (χ0v) is 9.55. The highest BCUT2D eigenvalue weighted by Crippen LogP contribution is 2.18. The van der Waals surface area contributed by atoms with E-state index in [0.717, 1.165) is 17.5 Å². The van der Waals surface area contributed by atoms with E-state index < -0.39 is 0 Å². The first-order valence-electron chi connectivity index (χ1n) is 4.92. The normalized spacial score (nSPS) is 10.1. The number of carbonyl (C=O) groups excluding carboxylic acids is 2. The number of hydrogen-bond acceptors (Lipinski definition) is 2. The summed E-state index contributed by atoms with van der Waals surface area (Å²) in [4.78, 5) is 27.2. The Morgan fingerprint density at radius 1 is 1.47 bits per heavy atom. The molecule has 0 atom stereocenters. The van der Waals surface area contributed by atoms with Crippen molar-refractivity contribution in [2.24, 2.45) is 0 Å². The molecule has 0 saturated carbocycles. The molecule has 0 unspecified atom stereocenters. The number of H-pyrrole nitrogens is 1. The third kappa shape index (κ3) is 1.93. The van der Waals surface area contributed by atoms with Gasteiger partial charge in [0, 0.05) is 19.3 Å². The summed E-state index contributed by atoms with van der Waals surface area (Å²) >= 11 is 0. The van der Waals surface area contributed by atoms with Crippen LogP contribution in [0.1, 0.15) is 39.0 Å². The summed E-state index contributed by atoms with van der Waals surface area (Å²) in [6.07, 6.45) is 0.741. The van der Waals surface area contributed by atoms with Gasteiger partial charge in [0.15, 0.2) is 6.29 Å². The number of carbonyl (C=O) groups is 2. The summed E-state index contributed by atoms with van der Waals surface area (Å²) in [6, 6.07) is 0. The molecule has 4 heteroatoms. The zero-order valence-electron chi connectivity index (χ0n) is 9.55. The maximum atomic E-state index is 11.9. The summed E-state index contributed by atoms with van der Waals surface area (Å²) in [5.41, 5.74) is 2.58. The SMILES string of the molecule is CCN(C)C(=O)c1c(C)[nH]c(C=O)c1C. The van der Waals surface area contributed by atoms with Gasteiger partial charge in [-0.15, -0.1) is 0 Å². The van der Waals surface area contributed by atoms with Crippen LogP contribution in [0.15, 0.2) is 0 Å². The third-order valence-corrected chi connectivity index (χ3v) is 2.63. The molecule has 1 heterocycles. The van der Waals surface area contributed by atoms with Crippen molar-refractivity contribution in [3.8, 4) is 0 Å². The predicted octanol–water partition coefficient (Wildman–Crippen LogP) is 1.54. The Bertz CT molecular complexity index is 394. The molecule has 4 nitrogen and oxygen atoms in total. The van der Waals surface area contributed by atoms with Gasteiger partial charge in [0.2, 0.25) is 0 Å². The van der Waals surface area contributed by atoms with Gasteiger partial charge in [-0.1, -0.05) is 0 Å². The van der Waals surface area contributed by atoms with E-state index in [-0.39, 0.29) is 5.91 Å². The van der Waals surface area contributed by atoms with Crippen LogP contribution in [-0.2, 0) is 0 Å². The first-order chi connectivity index (χ1) is 7.02. The Labute approximate surface area is 89.3 Å².